The molecule has 0 fully saturated rings. The highest BCUT2D eigenvalue weighted by atomic mass is 79.9. The van der Waals surface area contributed by atoms with Crippen molar-refractivity contribution in [1.29, 1.82) is 0 Å². The van der Waals surface area contributed by atoms with Crippen molar-refractivity contribution in [3.8, 4) is 0 Å². The molecule has 1 rings (SSSR count). The van der Waals surface area contributed by atoms with Gasteiger partial charge in [-0.2, -0.15) is 0 Å². The van der Waals surface area contributed by atoms with Crippen LogP contribution in [0.4, 0.5) is 0 Å². The van der Waals surface area contributed by atoms with E-state index in [0.29, 0.717) is 0 Å². The fraction of sp³-hybridized carbons (Fsp3) is 0.429. The number of rotatable bonds is 2. The van der Waals surface area contributed by atoms with Gasteiger partial charge >= 0.3 is 0 Å². The van der Waals surface area contributed by atoms with Crippen molar-refractivity contribution in [3.63, 3.8) is 0 Å². The lowest BCUT2D eigenvalue weighted by Crippen LogP contribution is -1.92. The Balaban J connectivity index is 2.94. The lowest BCUT2D eigenvalue weighted by atomic mass is 10.3. The second-order valence-corrected chi connectivity index (χ2v) is 4.70. The summed E-state index contributed by atoms with van der Waals surface area (Å²) in [6, 6.07) is 0. The Morgan fingerprint density at radius 1 is 1.55 bits per heavy atom. The van der Waals surface area contributed by atoms with Crippen molar-refractivity contribution in [2.45, 2.75) is 13.0 Å². The van der Waals surface area contributed by atoms with Crippen LogP contribution in [0.15, 0.2) is 14.3 Å². The summed E-state index contributed by atoms with van der Waals surface area (Å²) in [5, 5.41) is 2.05. The Kier molecular flexibility index (Phi) is 3.55. The first-order valence-corrected chi connectivity index (χ1v) is 5.58. The molecule has 11 heavy (non-hydrogen) atoms. The second-order valence-electron chi connectivity index (χ2n) is 2.14. The third-order valence-electron chi connectivity index (χ3n) is 1.44. The monoisotopic (exact) mass is 298 g/mol. The summed E-state index contributed by atoms with van der Waals surface area (Å²) in [5.74, 6) is 0. The number of hydrogen-bond donors (Lipinski definition) is 0. The molecule has 1 heterocycles. The molecule has 1 atom stereocenters. The summed E-state index contributed by atoms with van der Waals surface area (Å²) in [7, 11) is 1.71. The van der Waals surface area contributed by atoms with Gasteiger partial charge in [0, 0.05) is 26.3 Å². The van der Waals surface area contributed by atoms with Gasteiger partial charge in [-0.05, 0) is 38.8 Å². The van der Waals surface area contributed by atoms with E-state index in [1.807, 2.05) is 6.92 Å². The van der Waals surface area contributed by atoms with E-state index in [0.717, 1.165) is 8.95 Å². The molecule has 1 nitrogen and oxygen atoms in total. The molecule has 0 aliphatic heterocycles. The van der Waals surface area contributed by atoms with Crippen LogP contribution < -0.4 is 0 Å². The molecule has 0 spiro atoms. The lowest BCUT2D eigenvalue weighted by Gasteiger charge is -2.06. The van der Waals surface area contributed by atoms with Gasteiger partial charge < -0.3 is 4.74 Å². The molecular formula is C7H8Br2OS. The number of halogens is 2. The zero-order valence-corrected chi connectivity index (χ0v) is 10.2. The number of methoxy groups -OCH3 is 1. The molecule has 1 aromatic rings. The molecule has 0 aliphatic carbocycles. The molecule has 0 aromatic carbocycles. The number of thiophene rings is 1. The topological polar surface area (TPSA) is 9.23 Å². The highest BCUT2D eigenvalue weighted by molar-refractivity contribution is 9.13. The van der Waals surface area contributed by atoms with Gasteiger partial charge in [-0.15, -0.1) is 11.3 Å². The molecule has 0 saturated heterocycles. The summed E-state index contributed by atoms with van der Waals surface area (Å²) in [6.07, 6.45) is 0.167. The first kappa shape index (κ1) is 9.71. The lowest BCUT2D eigenvalue weighted by molar-refractivity contribution is 0.122. The summed E-state index contributed by atoms with van der Waals surface area (Å²) >= 11 is 8.59. The Labute approximate surface area is 87.0 Å². The van der Waals surface area contributed by atoms with Crippen molar-refractivity contribution in [1.82, 2.24) is 0 Å². The number of ether oxygens (including phenoxy) is 1. The van der Waals surface area contributed by atoms with Gasteiger partial charge in [0.25, 0.3) is 0 Å². The van der Waals surface area contributed by atoms with Gasteiger partial charge in [0.15, 0.2) is 0 Å². The molecule has 0 amide bonds. The highest BCUT2D eigenvalue weighted by Gasteiger charge is 2.12. The van der Waals surface area contributed by atoms with Gasteiger partial charge in [-0.1, -0.05) is 0 Å². The van der Waals surface area contributed by atoms with Crippen LogP contribution in [0.2, 0.25) is 0 Å². The first-order chi connectivity index (χ1) is 5.16. The molecule has 0 radical (unpaired) electrons. The van der Waals surface area contributed by atoms with E-state index in [9.17, 15) is 0 Å². The minimum atomic E-state index is 0.167. The maximum atomic E-state index is 5.19. The molecule has 0 saturated carbocycles. The first-order valence-electron chi connectivity index (χ1n) is 3.12. The van der Waals surface area contributed by atoms with Crippen molar-refractivity contribution in [2.24, 2.45) is 0 Å². The van der Waals surface area contributed by atoms with Crippen molar-refractivity contribution < 1.29 is 4.74 Å². The van der Waals surface area contributed by atoms with Crippen molar-refractivity contribution >= 4 is 43.2 Å². The van der Waals surface area contributed by atoms with E-state index in [1.54, 1.807) is 18.4 Å². The SMILES string of the molecule is CO[C@@H](C)c1scc(Br)c1Br. The van der Waals surface area contributed by atoms with Crippen LogP contribution in [0.3, 0.4) is 0 Å². The van der Waals surface area contributed by atoms with E-state index in [1.165, 1.54) is 4.88 Å². The minimum Gasteiger partial charge on any atom is -0.376 e. The normalized spacial score (nSPS) is 13.5. The Hall–Kier alpha value is 0.620. The van der Waals surface area contributed by atoms with Gasteiger partial charge in [0.05, 0.1) is 6.10 Å². The van der Waals surface area contributed by atoms with Crippen LogP contribution in [-0.4, -0.2) is 7.11 Å². The minimum absolute atomic E-state index is 0.167. The smallest absolute Gasteiger partial charge is 0.0896 e. The highest BCUT2D eigenvalue weighted by Crippen LogP contribution is 2.37. The molecule has 0 unspecified atom stereocenters. The fourth-order valence-corrected chi connectivity index (χ4v) is 3.06. The maximum absolute atomic E-state index is 5.19. The third-order valence-corrected chi connectivity index (χ3v) is 5.16. The van der Waals surface area contributed by atoms with Crippen molar-refractivity contribution in [2.75, 3.05) is 7.11 Å². The zero-order valence-electron chi connectivity index (χ0n) is 6.23. The fourth-order valence-electron chi connectivity index (χ4n) is 0.718. The summed E-state index contributed by atoms with van der Waals surface area (Å²) in [5.41, 5.74) is 0. The van der Waals surface area contributed by atoms with Crippen LogP contribution in [-0.2, 0) is 4.74 Å². The molecule has 0 bridgehead atoms. The molecule has 0 N–H and O–H groups in total. The molecule has 62 valence electrons. The Morgan fingerprint density at radius 2 is 2.18 bits per heavy atom. The van der Waals surface area contributed by atoms with E-state index in [4.69, 9.17) is 4.74 Å². The second kappa shape index (κ2) is 4.03. The van der Waals surface area contributed by atoms with Crippen LogP contribution >= 0.6 is 43.2 Å². The Bertz CT molecular complexity index is 247. The average molecular weight is 300 g/mol. The van der Waals surface area contributed by atoms with Crippen LogP contribution in [0.5, 0.6) is 0 Å². The van der Waals surface area contributed by atoms with E-state index in [-0.39, 0.29) is 6.10 Å². The van der Waals surface area contributed by atoms with Gasteiger partial charge in [0.2, 0.25) is 0 Å². The van der Waals surface area contributed by atoms with Crippen molar-refractivity contribution in [3.05, 3.63) is 19.2 Å². The van der Waals surface area contributed by atoms with Crippen LogP contribution in [0.25, 0.3) is 0 Å². The van der Waals surface area contributed by atoms with Gasteiger partial charge in [-0.25, -0.2) is 0 Å². The standard InChI is InChI=1S/C7H8Br2OS/c1-4(10-2)7-6(9)5(8)3-11-7/h3-4H,1-2H3/t4-/m0/s1. The predicted molar refractivity (Wildman–Crippen MR) is 55.1 cm³/mol. The van der Waals surface area contributed by atoms with Gasteiger partial charge in [0.1, 0.15) is 0 Å². The third kappa shape index (κ3) is 2.05. The number of hydrogen-bond acceptors (Lipinski definition) is 2. The molecule has 1 aromatic heterocycles. The largest absolute Gasteiger partial charge is 0.376 e. The quantitative estimate of drug-likeness (QED) is 0.802. The van der Waals surface area contributed by atoms with E-state index in [2.05, 4.69) is 37.2 Å². The summed E-state index contributed by atoms with van der Waals surface area (Å²) in [6.45, 7) is 2.03. The van der Waals surface area contributed by atoms with Crippen LogP contribution in [0.1, 0.15) is 17.9 Å². The maximum Gasteiger partial charge on any atom is 0.0896 e. The average Bonchev–Trinajstić information content (AvgIpc) is 2.32. The van der Waals surface area contributed by atoms with Crippen LogP contribution in [0, 0.1) is 0 Å². The predicted octanol–water partition coefficient (Wildman–Crippen LogP) is 3.98. The summed E-state index contributed by atoms with van der Waals surface area (Å²) in [4.78, 5) is 1.22. The summed E-state index contributed by atoms with van der Waals surface area (Å²) < 4.78 is 7.40. The molecular weight excluding hydrogens is 292 g/mol. The molecule has 4 heteroatoms. The Morgan fingerprint density at radius 3 is 2.55 bits per heavy atom. The van der Waals surface area contributed by atoms with E-state index < -0.39 is 0 Å². The molecule has 0 aliphatic rings. The zero-order chi connectivity index (χ0) is 8.43. The van der Waals surface area contributed by atoms with E-state index >= 15 is 0 Å². The van der Waals surface area contributed by atoms with Gasteiger partial charge in [-0.3, -0.25) is 0 Å².